The highest BCUT2D eigenvalue weighted by atomic mass is 35.5. The summed E-state index contributed by atoms with van der Waals surface area (Å²) in [5.74, 6) is 0.545. The number of hydrogen-bond acceptors (Lipinski definition) is 3. The zero-order valence-corrected chi connectivity index (χ0v) is 11.4. The second kappa shape index (κ2) is 5.36. The predicted molar refractivity (Wildman–Crippen MR) is 72.4 cm³/mol. The van der Waals surface area contributed by atoms with Crippen LogP contribution in [0.1, 0.15) is 21.7 Å². The zero-order valence-electron chi connectivity index (χ0n) is 10.7. The third-order valence-electron chi connectivity index (χ3n) is 2.90. The number of nitrogens with zero attached hydrogens (tertiary/aromatic N) is 1. The van der Waals surface area contributed by atoms with Crippen LogP contribution in [-0.2, 0) is 6.54 Å². The second-order valence-corrected chi connectivity index (χ2v) is 4.73. The van der Waals surface area contributed by atoms with Gasteiger partial charge in [-0.05, 0) is 31.2 Å². The van der Waals surface area contributed by atoms with Gasteiger partial charge in [-0.15, -0.1) is 0 Å². The van der Waals surface area contributed by atoms with Crippen LogP contribution in [-0.4, -0.2) is 23.0 Å². The number of halogens is 1. The van der Waals surface area contributed by atoms with Crippen molar-refractivity contribution < 1.29 is 14.3 Å². The second-order valence-electron chi connectivity index (χ2n) is 4.33. The molecule has 100 valence electrons. The van der Waals surface area contributed by atoms with Crippen LogP contribution in [0.5, 0.6) is 5.75 Å². The molecule has 0 atom stereocenters. The molecule has 1 heterocycles. The number of hydrogen-bond donors (Lipinski definition) is 1. The van der Waals surface area contributed by atoms with Crippen molar-refractivity contribution in [2.24, 2.45) is 0 Å². The summed E-state index contributed by atoms with van der Waals surface area (Å²) in [4.78, 5) is 13.8. The number of rotatable bonds is 3. The molecule has 1 aromatic carbocycles. The van der Waals surface area contributed by atoms with Crippen LogP contribution in [0, 0.1) is 6.92 Å². The number of carbonyl (C=O) groups is 1. The molecule has 19 heavy (non-hydrogen) atoms. The van der Waals surface area contributed by atoms with Gasteiger partial charge in [0.05, 0.1) is 16.8 Å². The third-order valence-corrected chi connectivity index (χ3v) is 3.23. The summed E-state index contributed by atoms with van der Waals surface area (Å²) in [5, 5.41) is 9.74. The van der Waals surface area contributed by atoms with E-state index >= 15 is 0 Å². The van der Waals surface area contributed by atoms with Crippen LogP contribution in [0.4, 0.5) is 0 Å². The largest absolute Gasteiger partial charge is 0.508 e. The van der Waals surface area contributed by atoms with Crippen molar-refractivity contribution in [1.29, 1.82) is 0 Å². The van der Waals surface area contributed by atoms with E-state index in [2.05, 4.69) is 0 Å². The molecule has 0 bridgehead atoms. The summed E-state index contributed by atoms with van der Waals surface area (Å²) in [6, 6.07) is 6.13. The van der Waals surface area contributed by atoms with Crippen molar-refractivity contribution in [1.82, 2.24) is 4.90 Å². The van der Waals surface area contributed by atoms with E-state index in [1.807, 2.05) is 13.0 Å². The Bertz CT molecular complexity index is 606. The fraction of sp³-hybridized carbons (Fsp3) is 0.214. The molecule has 0 saturated carbocycles. The Balaban J connectivity index is 2.19. The lowest BCUT2D eigenvalue weighted by molar-refractivity contribution is 0.0784. The first-order valence-corrected chi connectivity index (χ1v) is 6.14. The minimum absolute atomic E-state index is 0.0145. The smallest absolute Gasteiger partial charge is 0.255 e. The van der Waals surface area contributed by atoms with E-state index in [0.717, 1.165) is 11.3 Å². The maximum Gasteiger partial charge on any atom is 0.255 e. The normalized spacial score (nSPS) is 10.5. The van der Waals surface area contributed by atoms with Gasteiger partial charge in [0.15, 0.2) is 0 Å². The lowest BCUT2D eigenvalue weighted by Gasteiger charge is -2.17. The van der Waals surface area contributed by atoms with E-state index in [0.29, 0.717) is 11.6 Å². The fourth-order valence-corrected chi connectivity index (χ4v) is 1.98. The number of amides is 1. The topological polar surface area (TPSA) is 53.7 Å². The number of benzene rings is 1. The standard InChI is InChI=1S/C14H14ClNO3/c1-9-10(5-6-19-9)8-16(2)14(18)12-7-11(17)3-4-13(12)15/h3-7,17H,8H2,1-2H3. The van der Waals surface area contributed by atoms with Gasteiger partial charge in [-0.2, -0.15) is 0 Å². The molecule has 1 N–H and O–H groups in total. The summed E-state index contributed by atoms with van der Waals surface area (Å²) >= 11 is 5.97. The molecular formula is C14H14ClNO3. The van der Waals surface area contributed by atoms with E-state index in [-0.39, 0.29) is 17.2 Å². The Morgan fingerprint density at radius 1 is 1.42 bits per heavy atom. The quantitative estimate of drug-likeness (QED) is 0.938. The average molecular weight is 280 g/mol. The predicted octanol–water partition coefficient (Wildman–Crippen LogP) is 3.22. The van der Waals surface area contributed by atoms with Crippen molar-refractivity contribution in [2.75, 3.05) is 7.05 Å². The first-order chi connectivity index (χ1) is 8.99. The number of phenols is 1. The van der Waals surface area contributed by atoms with Gasteiger partial charge in [0, 0.05) is 19.2 Å². The molecular weight excluding hydrogens is 266 g/mol. The Morgan fingerprint density at radius 3 is 2.79 bits per heavy atom. The van der Waals surface area contributed by atoms with Crippen molar-refractivity contribution in [3.05, 3.63) is 52.4 Å². The highest BCUT2D eigenvalue weighted by Crippen LogP contribution is 2.23. The molecule has 1 amide bonds. The molecule has 0 saturated heterocycles. The van der Waals surface area contributed by atoms with Crippen LogP contribution in [0.15, 0.2) is 34.9 Å². The molecule has 1 aromatic heterocycles. The molecule has 0 aliphatic rings. The first-order valence-electron chi connectivity index (χ1n) is 5.76. The molecule has 0 fully saturated rings. The lowest BCUT2D eigenvalue weighted by Crippen LogP contribution is -2.26. The van der Waals surface area contributed by atoms with Gasteiger partial charge in [-0.25, -0.2) is 0 Å². The van der Waals surface area contributed by atoms with Crippen LogP contribution < -0.4 is 0 Å². The number of furan rings is 1. The Labute approximate surface area is 116 Å². The SMILES string of the molecule is Cc1occc1CN(C)C(=O)c1cc(O)ccc1Cl. The molecule has 0 radical (unpaired) electrons. The summed E-state index contributed by atoms with van der Waals surface area (Å²) < 4.78 is 5.19. The molecule has 2 rings (SSSR count). The number of aryl methyl sites for hydroxylation is 1. The summed E-state index contributed by atoms with van der Waals surface area (Å²) in [5.41, 5.74) is 1.22. The summed E-state index contributed by atoms with van der Waals surface area (Å²) in [7, 11) is 1.68. The summed E-state index contributed by atoms with van der Waals surface area (Å²) in [6.07, 6.45) is 1.59. The van der Waals surface area contributed by atoms with Gasteiger partial charge in [-0.3, -0.25) is 4.79 Å². The van der Waals surface area contributed by atoms with Gasteiger partial charge >= 0.3 is 0 Å². The Morgan fingerprint density at radius 2 is 2.16 bits per heavy atom. The molecule has 0 unspecified atom stereocenters. The van der Waals surface area contributed by atoms with E-state index < -0.39 is 0 Å². The molecule has 4 nitrogen and oxygen atoms in total. The molecule has 0 spiro atoms. The highest BCUT2D eigenvalue weighted by molar-refractivity contribution is 6.33. The van der Waals surface area contributed by atoms with Crippen LogP contribution in [0.25, 0.3) is 0 Å². The average Bonchev–Trinajstić information content (AvgIpc) is 2.77. The molecule has 0 aliphatic heterocycles. The maximum absolute atomic E-state index is 12.3. The monoisotopic (exact) mass is 279 g/mol. The third kappa shape index (κ3) is 2.90. The molecule has 0 aliphatic carbocycles. The van der Waals surface area contributed by atoms with Gasteiger partial charge in [0.25, 0.3) is 5.91 Å². The van der Waals surface area contributed by atoms with E-state index in [1.165, 1.54) is 23.1 Å². The summed E-state index contributed by atoms with van der Waals surface area (Å²) in [6.45, 7) is 2.27. The zero-order chi connectivity index (χ0) is 14.0. The van der Waals surface area contributed by atoms with Crippen LogP contribution in [0.2, 0.25) is 5.02 Å². The van der Waals surface area contributed by atoms with Crippen molar-refractivity contribution >= 4 is 17.5 Å². The molecule has 5 heteroatoms. The minimum atomic E-state index is -0.249. The molecule has 2 aromatic rings. The van der Waals surface area contributed by atoms with Crippen molar-refractivity contribution in [3.63, 3.8) is 0 Å². The number of carbonyl (C=O) groups excluding carboxylic acids is 1. The van der Waals surface area contributed by atoms with Gasteiger partial charge in [-0.1, -0.05) is 11.6 Å². The minimum Gasteiger partial charge on any atom is -0.508 e. The number of aromatic hydroxyl groups is 1. The Hall–Kier alpha value is -1.94. The van der Waals surface area contributed by atoms with Gasteiger partial charge in [0.1, 0.15) is 11.5 Å². The van der Waals surface area contributed by atoms with Crippen molar-refractivity contribution in [3.8, 4) is 5.75 Å². The van der Waals surface area contributed by atoms with E-state index in [1.54, 1.807) is 13.3 Å². The van der Waals surface area contributed by atoms with E-state index in [9.17, 15) is 9.90 Å². The van der Waals surface area contributed by atoms with E-state index in [4.69, 9.17) is 16.0 Å². The van der Waals surface area contributed by atoms with Crippen LogP contribution in [0.3, 0.4) is 0 Å². The van der Waals surface area contributed by atoms with Crippen LogP contribution >= 0.6 is 11.6 Å². The van der Waals surface area contributed by atoms with Gasteiger partial charge in [0.2, 0.25) is 0 Å². The Kier molecular flexibility index (Phi) is 3.81. The maximum atomic E-state index is 12.3. The van der Waals surface area contributed by atoms with Crippen molar-refractivity contribution in [2.45, 2.75) is 13.5 Å². The number of phenolic OH excluding ortho intramolecular Hbond substituents is 1. The first kappa shape index (κ1) is 13.5. The fourth-order valence-electron chi connectivity index (χ4n) is 1.79. The van der Waals surface area contributed by atoms with Gasteiger partial charge < -0.3 is 14.4 Å². The highest BCUT2D eigenvalue weighted by Gasteiger charge is 2.17. The lowest BCUT2D eigenvalue weighted by atomic mass is 10.1.